The summed E-state index contributed by atoms with van der Waals surface area (Å²) in [5, 5.41) is 15.3. The zero-order chi connectivity index (χ0) is 29.6. The van der Waals surface area contributed by atoms with Crippen LogP contribution >= 0.6 is 0 Å². The van der Waals surface area contributed by atoms with E-state index in [-0.39, 0.29) is 30.8 Å². The van der Waals surface area contributed by atoms with Gasteiger partial charge in [-0.1, -0.05) is 49.6 Å². The molecule has 1 heterocycles. The molecule has 226 valence electrons. The standard InChI is InChI=1S/C29H43FN6O5/c30-18-24(37)22(14-9-16-33-28(31)32)34-26(38)23-15-7-8-17-36(23)27(39)25(21-12-5-2-6-13-21)35-29(40)41-19-20-10-3-1-4-11-20/h1,3-4,10-11,21-23,25H,2,5-9,12-19H2,(H,34,38)(H,35,40)(H4,31,32,33)/t22-,23-,25-/m0/s1. The normalized spacial score (nSPS) is 19.0. The van der Waals surface area contributed by atoms with Crippen molar-refractivity contribution in [3.63, 3.8) is 0 Å². The molecular formula is C29H43FN6O5. The van der Waals surface area contributed by atoms with Gasteiger partial charge in [0.25, 0.3) is 0 Å². The highest BCUT2D eigenvalue weighted by Crippen LogP contribution is 2.29. The number of hydrogen-bond acceptors (Lipinski definition) is 6. The molecule has 0 bridgehead atoms. The predicted octanol–water partition coefficient (Wildman–Crippen LogP) is 2.53. The molecule has 3 amide bonds. The van der Waals surface area contributed by atoms with Crippen LogP contribution in [-0.2, 0) is 25.7 Å². The number of nitrogens with one attached hydrogen (secondary N) is 4. The van der Waals surface area contributed by atoms with E-state index in [0.29, 0.717) is 38.8 Å². The average Bonchev–Trinajstić information content (AvgIpc) is 3.00. The average molecular weight is 575 g/mol. The number of hydrogen-bond donors (Lipinski definition) is 5. The van der Waals surface area contributed by atoms with E-state index >= 15 is 0 Å². The lowest BCUT2D eigenvalue weighted by Gasteiger charge is -2.39. The van der Waals surface area contributed by atoms with Gasteiger partial charge in [0.05, 0.1) is 6.04 Å². The number of guanidine groups is 1. The molecule has 0 aromatic heterocycles. The predicted molar refractivity (Wildman–Crippen MR) is 152 cm³/mol. The van der Waals surface area contributed by atoms with E-state index in [1.807, 2.05) is 30.3 Å². The molecule has 1 saturated heterocycles. The molecule has 1 aromatic rings. The van der Waals surface area contributed by atoms with Gasteiger partial charge in [0.15, 0.2) is 11.7 Å². The molecule has 6 N–H and O–H groups in total. The Morgan fingerprint density at radius 3 is 2.41 bits per heavy atom. The Morgan fingerprint density at radius 2 is 1.73 bits per heavy atom. The Labute approximate surface area is 240 Å². The molecule has 1 aliphatic heterocycles. The maximum atomic E-state index is 14.0. The number of halogens is 1. The highest BCUT2D eigenvalue weighted by atomic mass is 19.1. The second-order valence-electron chi connectivity index (χ2n) is 10.8. The summed E-state index contributed by atoms with van der Waals surface area (Å²) in [6, 6.07) is 6.52. The Balaban J connectivity index is 1.70. The minimum absolute atomic E-state index is 0.0684. The Morgan fingerprint density at radius 1 is 1.02 bits per heavy atom. The van der Waals surface area contributed by atoms with Crippen molar-refractivity contribution in [3.8, 4) is 0 Å². The monoisotopic (exact) mass is 574 g/mol. The molecule has 0 spiro atoms. The number of piperidine rings is 1. The molecule has 0 radical (unpaired) electrons. The van der Waals surface area contributed by atoms with Crippen LogP contribution in [0.3, 0.4) is 0 Å². The molecular weight excluding hydrogens is 531 g/mol. The number of benzene rings is 1. The van der Waals surface area contributed by atoms with Crippen LogP contribution in [0.15, 0.2) is 30.3 Å². The number of nitrogens with zero attached hydrogens (tertiary/aromatic N) is 1. The zero-order valence-electron chi connectivity index (χ0n) is 23.5. The number of alkyl halides is 1. The maximum Gasteiger partial charge on any atom is 0.408 e. The van der Waals surface area contributed by atoms with Crippen molar-refractivity contribution in [1.29, 1.82) is 5.41 Å². The van der Waals surface area contributed by atoms with E-state index in [9.17, 15) is 23.6 Å². The number of ether oxygens (including phenoxy) is 1. The van der Waals surface area contributed by atoms with E-state index in [0.717, 1.165) is 37.7 Å². The van der Waals surface area contributed by atoms with E-state index in [1.54, 1.807) is 0 Å². The third kappa shape index (κ3) is 10.0. The van der Waals surface area contributed by atoms with Gasteiger partial charge in [-0.15, -0.1) is 0 Å². The Bertz CT molecular complexity index is 1040. The van der Waals surface area contributed by atoms with Crippen LogP contribution in [0.2, 0.25) is 0 Å². The quantitative estimate of drug-likeness (QED) is 0.137. The summed E-state index contributed by atoms with van der Waals surface area (Å²) in [5.74, 6) is -1.91. The first kappa shape index (κ1) is 31.8. The van der Waals surface area contributed by atoms with Gasteiger partial charge in [0, 0.05) is 13.1 Å². The van der Waals surface area contributed by atoms with E-state index < -0.39 is 42.6 Å². The van der Waals surface area contributed by atoms with Gasteiger partial charge < -0.3 is 31.3 Å². The fraction of sp³-hybridized carbons (Fsp3) is 0.621. The number of rotatable bonds is 13. The largest absolute Gasteiger partial charge is 0.445 e. The lowest BCUT2D eigenvalue weighted by Crippen LogP contribution is -2.60. The Kier molecular flexibility index (Phi) is 12.8. The topological polar surface area (TPSA) is 167 Å². The van der Waals surface area contributed by atoms with Crippen molar-refractivity contribution < 1.29 is 28.3 Å². The first-order valence-electron chi connectivity index (χ1n) is 14.5. The molecule has 0 unspecified atom stereocenters. The second-order valence-corrected chi connectivity index (χ2v) is 10.8. The number of carbonyl (C=O) groups excluding carboxylic acids is 4. The van der Waals surface area contributed by atoms with Crippen molar-refractivity contribution in [2.24, 2.45) is 11.7 Å². The molecule has 1 aliphatic carbocycles. The lowest BCUT2D eigenvalue weighted by atomic mass is 9.83. The molecule has 1 aromatic carbocycles. The summed E-state index contributed by atoms with van der Waals surface area (Å²) in [6.45, 7) is -0.522. The van der Waals surface area contributed by atoms with Crippen molar-refractivity contribution in [1.82, 2.24) is 20.9 Å². The molecule has 2 aliphatic rings. The van der Waals surface area contributed by atoms with Crippen molar-refractivity contribution >= 4 is 29.7 Å². The van der Waals surface area contributed by atoms with Crippen molar-refractivity contribution in [3.05, 3.63) is 35.9 Å². The van der Waals surface area contributed by atoms with Gasteiger partial charge in [-0.05, 0) is 56.4 Å². The SMILES string of the molecule is N=C(N)NCCC[C@H](NC(=O)[C@@H]1CCCCN1C(=O)[C@@H](NC(=O)OCc1ccccc1)C1CCCCC1)C(=O)CF. The van der Waals surface area contributed by atoms with Crippen molar-refractivity contribution in [2.45, 2.75) is 88.9 Å². The maximum absolute atomic E-state index is 14.0. The first-order valence-corrected chi connectivity index (χ1v) is 14.5. The lowest BCUT2D eigenvalue weighted by molar-refractivity contribution is -0.145. The third-order valence-corrected chi connectivity index (χ3v) is 7.78. The number of ketones is 1. The molecule has 3 atom stereocenters. The van der Waals surface area contributed by atoms with E-state index in [2.05, 4.69) is 16.0 Å². The highest BCUT2D eigenvalue weighted by Gasteiger charge is 2.40. The smallest absolute Gasteiger partial charge is 0.408 e. The number of nitrogens with two attached hydrogens (primary N) is 1. The number of alkyl carbamates (subject to hydrolysis) is 1. The summed E-state index contributed by atoms with van der Waals surface area (Å²) in [7, 11) is 0. The fourth-order valence-electron chi connectivity index (χ4n) is 5.59. The minimum atomic E-state index is -1.23. The molecule has 41 heavy (non-hydrogen) atoms. The number of amides is 3. The summed E-state index contributed by atoms with van der Waals surface area (Å²) >= 11 is 0. The molecule has 2 fully saturated rings. The third-order valence-electron chi connectivity index (χ3n) is 7.78. The molecule has 1 saturated carbocycles. The molecule has 12 heteroatoms. The van der Waals surface area contributed by atoms with Crippen LogP contribution in [0.1, 0.15) is 69.8 Å². The summed E-state index contributed by atoms with van der Waals surface area (Å²) in [4.78, 5) is 54.0. The van der Waals surface area contributed by atoms with Crippen LogP contribution < -0.4 is 21.7 Å². The van der Waals surface area contributed by atoms with Crippen molar-refractivity contribution in [2.75, 3.05) is 19.8 Å². The van der Waals surface area contributed by atoms with E-state index in [1.165, 1.54) is 4.90 Å². The van der Waals surface area contributed by atoms with Crippen LogP contribution in [0.25, 0.3) is 0 Å². The van der Waals surface area contributed by atoms with Gasteiger partial charge in [-0.25, -0.2) is 9.18 Å². The second kappa shape index (κ2) is 16.5. The van der Waals surface area contributed by atoms with Crippen LogP contribution in [0.4, 0.5) is 9.18 Å². The Hall–Kier alpha value is -3.70. The van der Waals surface area contributed by atoms with Crippen LogP contribution in [0.5, 0.6) is 0 Å². The van der Waals surface area contributed by atoms with Gasteiger partial charge in [-0.2, -0.15) is 0 Å². The summed E-state index contributed by atoms with van der Waals surface area (Å²) in [6.07, 6.45) is 6.19. The fourth-order valence-corrected chi connectivity index (χ4v) is 5.59. The highest BCUT2D eigenvalue weighted by molar-refractivity contribution is 5.94. The zero-order valence-corrected chi connectivity index (χ0v) is 23.5. The number of likely N-dealkylation sites (tertiary alicyclic amines) is 1. The molecule has 11 nitrogen and oxygen atoms in total. The minimum Gasteiger partial charge on any atom is -0.445 e. The van der Waals surface area contributed by atoms with Gasteiger partial charge in [0.2, 0.25) is 11.8 Å². The number of carbonyl (C=O) groups is 4. The van der Waals surface area contributed by atoms with Crippen LogP contribution in [0, 0.1) is 11.3 Å². The first-order chi connectivity index (χ1) is 19.8. The molecule has 3 rings (SSSR count). The summed E-state index contributed by atoms with van der Waals surface area (Å²) in [5.41, 5.74) is 6.10. The van der Waals surface area contributed by atoms with Crippen LogP contribution in [-0.4, -0.2) is 72.4 Å². The van der Waals surface area contributed by atoms with Gasteiger partial charge >= 0.3 is 6.09 Å². The summed E-state index contributed by atoms with van der Waals surface area (Å²) < 4.78 is 18.7. The van der Waals surface area contributed by atoms with E-state index in [4.69, 9.17) is 15.9 Å². The van der Waals surface area contributed by atoms with Gasteiger partial charge in [-0.3, -0.25) is 19.8 Å². The number of Topliss-reactive ketones (excluding diaryl/α,β-unsaturated/α-hetero) is 1. The van der Waals surface area contributed by atoms with Gasteiger partial charge in [0.1, 0.15) is 25.4 Å².